The van der Waals surface area contributed by atoms with Crippen molar-refractivity contribution in [3.05, 3.63) is 108 Å². The van der Waals surface area contributed by atoms with Gasteiger partial charge in [0.25, 0.3) is 0 Å². The third-order valence-electron chi connectivity index (χ3n) is 13.5. The fourth-order valence-electron chi connectivity index (χ4n) is 10.3. The Morgan fingerprint density at radius 2 is 1.58 bits per heavy atom. The van der Waals surface area contributed by atoms with Crippen LogP contribution in [-0.4, -0.2) is 71.7 Å². The van der Waals surface area contributed by atoms with E-state index in [4.69, 9.17) is 24.2 Å². The van der Waals surface area contributed by atoms with Crippen molar-refractivity contribution >= 4 is 23.4 Å². The van der Waals surface area contributed by atoms with Gasteiger partial charge in [0.2, 0.25) is 11.7 Å². The Labute approximate surface area is 387 Å². The number of aliphatic hydroxyl groups excluding tert-OH is 2. The van der Waals surface area contributed by atoms with Crippen molar-refractivity contribution < 1.29 is 34.1 Å². The summed E-state index contributed by atoms with van der Waals surface area (Å²) in [5.41, 5.74) is 3.87. The molecule has 1 heterocycles. The third kappa shape index (κ3) is 12.6. The van der Waals surface area contributed by atoms with Crippen LogP contribution in [0.25, 0.3) is 0 Å². The second-order valence-corrected chi connectivity index (χ2v) is 18.8. The molecule has 64 heavy (non-hydrogen) atoms. The molecule has 3 aromatic carbocycles. The fourth-order valence-corrected chi connectivity index (χ4v) is 10.7. The molecule has 3 aromatic rings. The van der Waals surface area contributed by atoms with E-state index in [1.165, 1.54) is 38.5 Å². The number of allylic oxidation sites excluding steroid dienone is 1. The van der Waals surface area contributed by atoms with Gasteiger partial charge in [-0.1, -0.05) is 119 Å². The molecule has 9 nitrogen and oxygen atoms in total. The minimum atomic E-state index is -1.28. The number of nitrogens with zero attached hydrogens (tertiary/aromatic N) is 2. The highest BCUT2D eigenvalue weighted by atomic mass is 32.2. The smallest absolute Gasteiger partial charge is 0.239 e. The Balaban J connectivity index is 1.43. The summed E-state index contributed by atoms with van der Waals surface area (Å²) in [7, 11) is 1.91. The van der Waals surface area contributed by atoms with Crippen molar-refractivity contribution in [3.8, 4) is 17.2 Å². The van der Waals surface area contributed by atoms with Gasteiger partial charge in [-0.3, -0.25) is 4.79 Å². The highest BCUT2D eigenvalue weighted by Gasteiger charge is 2.65. The van der Waals surface area contributed by atoms with E-state index in [9.17, 15) is 15.0 Å². The summed E-state index contributed by atoms with van der Waals surface area (Å²) in [6, 6.07) is 23.7. The fraction of sp³-hybridized carbons (Fsp3) is 0.556. The highest BCUT2D eigenvalue weighted by Crippen LogP contribution is 2.62. The molecule has 1 aliphatic heterocycles. The van der Waals surface area contributed by atoms with Crippen molar-refractivity contribution in [2.45, 2.75) is 145 Å². The zero-order valence-electron chi connectivity index (χ0n) is 38.8. The number of hydrogen-bond acceptors (Lipinski definition) is 9. The van der Waals surface area contributed by atoms with Gasteiger partial charge in [0, 0.05) is 49.5 Å². The highest BCUT2D eigenvalue weighted by molar-refractivity contribution is 7.98. The van der Waals surface area contributed by atoms with Gasteiger partial charge < -0.3 is 34.2 Å². The molecule has 2 N–H and O–H groups in total. The monoisotopic (exact) mass is 895 g/mol. The average Bonchev–Trinajstić information content (AvgIpc) is 3.32. The summed E-state index contributed by atoms with van der Waals surface area (Å²) in [5.74, 6) is 0.712. The lowest BCUT2D eigenvalue weighted by Gasteiger charge is -2.59. The first-order valence-electron chi connectivity index (χ1n) is 24.2. The van der Waals surface area contributed by atoms with Gasteiger partial charge in [-0.2, -0.15) is 0 Å². The quantitative estimate of drug-likeness (QED) is 0.0321. The lowest BCUT2D eigenvalue weighted by atomic mass is 9.55. The molecule has 0 aromatic heterocycles. The minimum Gasteiger partial charge on any atom is -0.459 e. The lowest BCUT2D eigenvalue weighted by molar-refractivity contribution is -0.255. The Morgan fingerprint density at radius 1 is 0.891 bits per heavy atom. The number of carbonyl (C=O) groups is 1. The molecule has 6 atom stereocenters. The molecule has 1 amide bonds. The molecule has 348 valence electrons. The Bertz CT molecular complexity index is 1950. The number of thioether (sulfide) groups is 1. The Hall–Kier alpha value is -4.09. The summed E-state index contributed by atoms with van der Waals surface area (Å²) in [5, 5.41) is 24.9. The van der Waals surface area contributed by atoms with Crippen molar-refractivity contribution in [3.63, 3.8) is 0 Å². The number of ether oxygens (including phenoxy) is 3. The molecule has 0 radical (unpaired) electrons. The van der Waals surface area contributed by atoms with Gasteiger partial charge in [0.05, 0.1) is 18.2 Å². The number of carbonyl (C=O) groups excluding carboxylic acids is 1. The zero-order valence-corrected chi connectivity index (χ0v) is 39.6. The summed E-state index contributed by atoms with van der Waals surface area (Å²) < 4.78 is 21.0. The van der Waals surface area contributed by atoms with E-state index in [0.717, 1.165) is 78.0 Å². The molecule has 3 aliphatic rings. The summed E-state index contributed by atoms with van der Waals surface area (Å²) >= 11 is 1.69. The number of amides is 1. The van der Waals surface area contributed by atoms with Crippen molar-refractivity contribution in [2.24, 2.45) is 22.9 Å². The van der Waals surface area contributed by atoms with Crippen LogP contribution in [0.5, 0.6) is 17.2 Å². The molecule has 1 saturated carbocycles. The SMILES string of the molecule is C=CCOC12Oc3ccc(Oc4ccc(SC)cc4)cc3C3C(CCCCO)C(CCCCO)C=C(C(=NOCc4ccccc4)CC1N(C)C(=O)CCCCCCCCCCC)C32. The van der Waals surface area contributed by atoms with E-state index in [1.807, 2.05) is 66.5 Å². The number of aliphatic hydroxyl groups is 2. The predicted molar refractivity (Wildman–Crippen MR) is 259 cm³/mol. The number of likely N-dealkylation sites (N-methyl/N-ethyl adjacent to an activating group) is 1. The first-order chi connectivity index (χ1) is 31.4. The maximum absolute atomic E-state index is 14.5. The van der Waals surface area contributed by atoms with Crippen LogP contribution >= 0.6 is 11.8 Å². The van der Waals surface area contributed by atoms with Gasteiger partial charge in [-0.25, -0.2) is 0 Å². The normalized spacial score (nSPS) is 22.8. The van der Waals surface area contributed by atoms with E-state index in [1.54, 1.807) is 17.8 Å². The first-order valence-corrected chi connectivity index (χ1v) is 25.4. The van der Waals surface area contributed by atoms with Crippen LogP contribution in [0.3, 0.4) is 0 Å². The molecule has 0 bridgehead atoms. The number of rotatable bonds is 28. The van der Waals surface area contributed by atoms with Crippen LogP contribution in [0.15, 0.2) is 107 Å². The molecule has 0 spiro atoms. The third-order valence-corrected chi connectivity index (χ3v) is 14.3. The zero-order chi connectivity index (χ0) is 45.2. The molecular weight excluding hydrogens is 821 g/mol. The lowest BCUT2D eigenvalue weighted by Crippen LogP contribution is -2.69. The van der Waals surface area contributed by atoms with E-state index in [2.05, 4.69) is 44.0 Å². The summed E-state index contributed by atoms with van der Waals surface area (Å²) in [4.78, 5) is 23.8. The second kappa shape index (κ2) is 25.6. The van der Waals surface area contributed by atoms with Crippen molar-refractivity contribution in [2.75, 3.05) is 33.1 Å². The number of fused-ring (bicyclic) bond motifs is 2. The molecular formula is C54H74N2O7S. The van der Waals surface area contributed by atoms with E-state index in [-0.39, 0.29) is 49.4 Å². The van der Waals surface area contributed by atoms with Gasteiger partial charge in [-0.05, 0) is 104 Å². The Morgan fingerprint density at radius 3 is 2.27 bits per heavy atom. The van der Waals surface area contributed by atoms with Crippen LogP contribution in [0.4, 0.5) is 0 Å². The van der Waals surface area contributed by atoms with E-state index in [0.29, 0.717) is 43.8 Å². The molecule has 6 rings (SSSR count). The standard InChI is InChI=1S/C54H74N2O7S/c1-5-7-8-9-10-11-12-13-17-26-51(59)56(3)50-38-48(55-61-39-40-22-15-14-16-23-40)46-36-41(24-18-20-33-57)45(25-19-21-34-58)52-47-37-43(62-42-27-30-44(64-4)31-28-42)29-32-49(47)63-54(50,53(46)52)60-35-6-2/h6,14-16,22-23,27-32,36-37,41,45,50,52-53,57-58H,2,5,7-13,17-21,24-26,33-35,38-39H2,1,3-4H3. The predicted octanol–water partition coefficient (Wildman–Crippen LogP) is 12.4. The number of hydrogen-bond donors (Lipinski definition) is 2. The van der Waals surface area contributed by atoms with Crippen LogP contribution in [-0.2, 0) is 21.0 Å². The topological polar surface area (TPSA) is 110 Å². The van der Waals surface area contributed by atoms with Gasteiger partial charge >= 0.3 is 0 Å². The van der Waals surface area contributed by atoms with E-state index < -0.39 is 11.8 Å². The van der Waals surface area contributed by atoms with Crippen LogP contribution in [0.2, 0.25) is 0 Å². The maximum Gasteiger partial charge on any atom is 0.239 e. The molecule has 2 aliphatic carbocycles. The minimum absolute atomic E-state index is 0.0610. The number of unbranched alkanes of at least 4 members (excludes halogenated alkanes) is 10. The summed E-state index contributed by atoms with van der Waals surface area (Å²) in [6.07, 6.45) is 22.5. The van der Waals surface area contributed by atoms with E-state index >= 15 is 0 Å². The van der Waals surface area contributed by atoms with Crippen molar-refractivity contribution in [1.82, 2.24) is 4.90 Å². The van der Waals surface area contributed by atoms with Crippen LogP contribution in [0.1, 0.15) is 133 Å². The van der Waals surface area contributed by atoms with Crippen LogP contribution in [0, 0.1) is 17.8 Å². The molecule has 6 unspecified atom stereocenters. The van der Waals surface area contributed by atoms with Gasteiger partial charge in [-0.15, -0.1) is 18.3 Å². The average molecular weight is 895 g/mol. The Kier molecular flexibility index (Phi) is 19.7. The summed E-state index contributed by atoms with van der Waals surface area (Å²) in [6.45, 7) is 7.12. The molecule has 0 saturated heterocycles. The maximum atomic E-state index is 14.5. The second-order valence-electron chi connectivity index (χ2n) is 17.9. The molecule has 10 heteroatoms. The largest absolute Gasteiger partial charge is 0.459 e. The number of benzene rings is 3. The van der Waals surface area contributed by atoms with Crippen molar-refractivity contribution in [1.29, 1.82) is 0 Å². The van der Waals surface area contributed by atoms with Crippen LogP contribution < -0.4 is 9.47 Å². The first kappa shape index (κ1) is 49.3. The molecule has 1 fully saturated rings. The van der Waals surface area contributed by atoms with Gasteiger partial charge in [0.15, 0.2) is 0 Å². The van der Waals surface area contributed by atoms with Gasteiger partial charge in [0.1, 0.15) is 29.9 Å². The number of oxime groups is 1.